The van der Waals surface area contributed by atoms with Crippen molar-refractivity contribution in [1.82, 2.24) is 29.9 Å². The molecule has 10 aromatic carbocycles. The molecule has 12 aromatic rings. The fraction of sp³-hybridized carbons (Fsp3) is 0. The molecule has 8 nitrogen and oxygen atoms in total. The molecule has 1 spiro atoms. The van der Waals surface area contributed by atoms with E-state index in [1.165, 1.54) is 42.6 Å². The van der Waals surface area contributed by atoms with Gasteiger partial charge in [0.1, 0.15) is 23.0 Å². The van der Waals surface area contributed by atoms with Crippen molar-refractivity contribution in [3.8, 4) is 91.3 Å². The summed E-state index contributed by atoms with van der Waals surface area (Å²) in [6.45, 7) is -0.155. The Kier molecular flexibility index (Phi) is 9.68. The van der Waals surface area contributed by atoms with E-state index in [4.69, 9.17) is 39.4 Å². The van der Waals surface area contributed by atoms with E-state index in [9.17, 15) is 0 Å². The first-order valence-electron chi connectivity index (χ1n) is 26.0. The van der Waals surface area contributed by atoms with E-state index in [1.54, 1.807) is 0 Å². The Balaban J connectivity index is 0.837. The Labute approximate surface area is 446 Å². The molecule has 0 radical (unpaired) electrons. The molecule has 6 heterocycles. The predicted molar refractivity (Wildman–Crippen MR) is 312 cm³/mol. The van der Waals surface area contributed by atoms with E-state index < -0.39 is 8.07 Å². The second-order valence-electron chi connectivity index (χ2n) is 20.0. The number of fused-ring (bicyclic) bond motifs is 12. The van der Waals surface area contributed by atoms with Gasteiger partial charge in [-0.15, -0.1) is 0 Å². The van der Waals surface area contributed by atoms with Gasteiger partial charge < -0.3 is 9.47 Å². The van der Waals surface area contributed by atoms with Crippen molar-refractivity contribution in [3.05, 3.63) is 243 Å². The highest BCUT2D eigenvalue weighted by molar-refractivity contribution is 7.31. The highest BCUT2D eigenvalue weighted by atomic mass is 28.3. The maximum atomic E-state index is 7.19. The second-order valence-corrected chi connectivity index (χ2v) is 23.7. The molecule has 0 N–H and O–H groups in total. The molecule has 0 saturated heterocycles. The van der Waals surface area contributed by atoms with Gasteiger partial charge in [0.25, 0.3) is 13.4 Å². The van der Waals surface area contributed by atoms with Gasteiger partial charge in [-0.1, -0.05) is 229 Å². The van der Waals surface area contributed by atoms with Crippen molar-refractivity contribution in [1.29, 1.82) is 0 Å². The number of hydrogen-bond acceptors (Lipinski definition) is 8. The van der Waals surface area contributed by atoms with E-state index in [0.717, 1.165) is 67.3 Å². The molecule has 0 atom stereocenters. The Morgan fingerprint density at radius 2 is 0.558 bits per heavy atom. The van der Waals surface area contributed by atoms with Gasteiger partial charge in [0, 0.05) is 33.4 Å². The zero-order valence-corrected chi connectivity index (χ0v) is 42.2. The van der Waals surface area contributed by atoms with Crippen LogP contribution in [0, 0.1) is 0 Å². The molecule has 0 fully saturated rings. The topological polar surface area (TPSA) is 95.8 Å². The molecule has 77 heavy (non-hydrogen) atoms. The average Bonchev–Trinajstić information content (AvgIpc) is 3.41. The van der Waals surface area contributed by atoms with Crippen LogP contribution in [0.15, 0.2) is 243 Å². The van der Waals surface area contributed by atoms with Crippen molar-refractivity contribution in [3.63, 3.8) is 0 Å². The van der Waals surface area contributed by atoms with Crippen molar-refractivity contribution < 1.29 is 9.47 Å². The summed E-state index contributed by atoms with van der Waals surface area (Å²) in [7, 11) is -3.10. The highest BCUT2D eigenvalue weighted by Gasteiger charge is 2.58. The van der Waals surface area contributed by atoms with Crippen LogP contribution in [0.2, 0.25) is 0 Å². The van der Waals surface area contributed by atoms with Gasteiger partial charge in [-0.05, 0) is 66.9 Å². The molecular formula is C66H40B2N6O2Si. The average molecular weight is 999 g/mol. The Hall–Kier alpha value is -9.83. The fourth-order valence-electron chi connectivity index (χ4n) is 12.6. The van der Waals surface area contributed by atoms with Gasteiger partial charge in [-0.25, -0.2) is 29.9 Å². The van der Waals surface area contributed by atoms with Crippen LogP contribution < -0.4 is 63.0 Å². The molecule has 4 aliphatic heterocycles. The summed E-state index contributed by atoms with van der Waals surface area (Å²) in [5.74, 6) is 6.96. The van der Waals surface area contributed by atoms with E-state index in [-0.39, 0.29) is 13.4 Å². The van der Waals surface area contributed by atoms with Gasteiger partial charge in [0.2, 0.25) is 0 Å². The lowest BCUT2D eigenvalue weighted by atomic mass is 9.35. The summed E-state index contributed by atoms with van der Waals surface area (Å²) in [6.07, 6.45) is 0. The molecule has 0 aliphatic carbocycles. The zero-order chi connectivity index (χ0) is 50.6. The maximum Gasteiger partial charge on any atom is 0.250 e. The van der Waals surface area contributed by atoms with Crippen LogP contribution in [0.1, 0.15) is 0 Å². The molecular weight excluding hydrogens is 958 g/mol. The Morgan fingerprint density at radius 3 is 0.922 bits per heavy atom. The molecule has 0 bridgehead atoms. The number of hydrogen-bond donors (Lipinski definition) is 0. The third kappa shape index (κ3) is 6.67. The number of rotatable bonds is 6. The van der Waals surface area contributed by atoms with Crippen LogP contribution in [0.5, 0.6) is 23.0 Å². The largest absolute Gasteiger partial charge is 0.458 e. The molecule has 11 heteroatoms. The molecule has 356 valence electrons. The molecule has 0 saturated carbocycles. The summed E-state index contributed by atoms with van der Waals surface area (Å²) in [6, 6.07) is 85.2. The number of benzene rings is 10. The van der Waals surface area contributed by atoms with Crippen LogP contribution in [0.25, 0.3) is 68.3 Å². The standard InChI is InChI=1S/C66H40B2N6O2Si/c1-5-19-41(20-6-1)61-69-62(42-21-7-2-8-22-42)72-65(71-61)45-35-37-47-53(39-45)75-51-29-17-33-57-59(51)67(47)49-27-13-15-31-55(49)77(57)56-32-16-14-28-50(56)68-48-38-36-46(40-54(48)76-52-30-18-34-58(77)60(52)68)66-73-63(43-23-9-3-10-24-43)70-64(74-66)44-25-11-4-12-26-44/h1-40H. The lowest BCUT2D eigenvalue weighted by Crippen LogP contribution is -2.93. The van der Waals surface area contributed by atoms with E-state index >= 15 is 0 Å². The van der Waals surface area contributed by atoms with Gasteiger partial charge in [0.05, 0.1) is 0 Å². The third-order valence-corrected chi connectivity index (χ3v) is 20.9. The number of ether oxygens (including phenoxy) is 2. The summed E-state index contributed by atoms with van der Waals surface area (Å²) in [5, 5.41) is 5.43. The van der Waals surface area contributed by atoms with Crippen molar-refractivity contribution in [2.75, 3.05) is 0 Å². The zero-order valence-electron chi connectivity index (χ0n) is 41.2. The lowest BCUT2D eigenvalue weighted by Gasteiger charge is -2.49. The van der Waals surface area contributed by atoms with Crippen molar-refractivity contribution in [2.45, 2.75) is 0 Å². The predicted octanol–water partition coefficient (Wildman–Crippen LogP) is 7.31. The highest BCUT2D eigenvalue weighted by Crippen LogP contribution is 2.35. The van der Waals surface area contributed by atoms with Crippen LogP contribution >= 0.6 is 0 Å². The monoisotopic (exact) mass is 998 g/mol. The van der Waals surface area contributed by atoms with Gasteiger partial charge in [-0.3, -0.25) is 0 Å². The van der Waals surface area contributed by atoms with Crippen LogP contribution in [0.3, 0.4) is 0 Å². The smallest absolute Gasteiger partial charge is 0.250 e. The van der Waals surface area contributed by atoms with Crippen molar-refractivity contribution >= 4 is 75.0 Å². The van der Waals surface area contributed by atoms with E-state index in [1.807, 2.05) is 121 Å². The second kappa shape index (κ2) is 17.1. The lowest BCUT2D eigenvalue weighted by molar-refractivity contribution is 0.488. The molecule has 16 rings (SSSR count). The first kappa shape index (κ1) is 43.6. The number of nitrogens with zero attached hydrogens (tertiary/aromatic N) is 6. The molecule has 0 amide bonds. The Morgan fingerprint density at radius 1 is 0.247 bits per heavy atom. The van der Waals surface area contributed by atoms with Crippen LogP contribution in [0.4, 0.5) is 0 Å². The summed E-state index contributed by atoms with van der Waals surface area (Å²) in [5.41, 5.74) is 12.7. The van der Waals surface area contributed by atoms with Crippen LogP contribution in [-0.4, -0.2) is 51.4 Å². The quantitative estimate of drug-likeness (QED) is 0.160. The minimum absolute atomic E-state index is 0.0773. The summed E-state index contributed by atoms with van der Waals surface area (Å²) in [4.78, 5) is 30.3. The fourth-order valence-corrected chi connectivity index (χ4v) is 18.4. The maximum absolute atomic E-state index is 7.19. The minimum atomic E-state index is -3.10. The summed E-state index contributed by atoms with van der Waals surface area (Å²) < 4.78 is 14.4. The van der Waals surface area contributed by atoms with Gasteiger partial charge in [-0.2, -0.15) is 0 Å². The number of aromatic nitrogens is 6. The normalized spacial score (nSPS) is 13.5. The summed E-state index contributed by atoms with van der Waals surface area (Å²) >= 11 is 0. The Bertz CT molecular complexity index is 3980. The first-order chi connectivity index (χ1) is 38.2. The molecule has 0 unspecified atom stereocenters. The van der Waals surface area contributed by atoms with E-state index in [2.05, 4.69) is 121 Å². The third-order valence-electron chi connectivity index (χ3n) is 15.9. The molecule has 2 aromatic heterocycles. The van der Waals surface area contributed by atoms with Crippen molar-refractivity contribution in [2.24, 2.45) is 0 Å². The van der Waals surface area contributed by atoms with Gasteiger partial charge >= 0.3 is 0 Å². The first-order valence-corrected chi connectivity index (χ1v) is 28.0. The van der Waals surface area contributed by atoms with E-state index in [0.29, 0.717) is 34.9 Å². The molecule has 4 aliphatic rings. The van der Waals surface area contributed by atoms with Crippen LogP contribution in [-0.2, 0) is 0 Å². The van der Waals surface area contributed by atoms with Gasteiger partial charge in [0.15, 0.2) is 43.0 Å². The SMILES string of the molecule is c1ccc(-c2nc(-c3ccccc3)nc(-c3ccc4c(c3)Oc3cccc5c3B4c3ccccc3[Si]53c4ccccc4B4c5ccc(-c6nc(-c7ccccc7)nc(-c7ccccc7)n6)cc5Oc5cccc3c54)n2)cc1. The minimum Gasteiger partial charge on any atom is -0.458 e.